The average Bonchev–Trinajstić information content (AvgIpc) is 1.66. The summed E-state index contributed by atoms with van der Waals surface area (Å²) in [5.74, 6) is 2.05. The van der Waals surface area contributed by atoms with E-state index >= 15 is 0 Å². The van der Waals surface area contributed by atoms with Crippen molar-refractivity contribution in [2.75, 3.05) is 13.2 Å². The molecule has 0 amide bonds. The van der Waals surface area contributed by atoms with Crippen LogP contribution in [0.5, 0.6) is 0 Å². The van der Waals surface area contributed by atoms with Gasteiger partial charge in [-0.15, -0.1) is 6.42 Å². The molecule has 0 bridgehead atoms. The molecule has 0 saturated heterocycles. The van der Waals surface area contributed by atoms with Crippen molar-refractivity contribution in [2.45, 2.75) is 0 Å². The van der Waals surface area contributed by atoms with Gasteiger partial charge in [0.2, 0.25) is 0 Å². The Labute approximate surface area is 46.6 Å². The Balaban J connectivity index is 2.85. The first-order chi connectivity index (χ1) is 3.77. The summed E-state index contributed by atoms with van der Waals surface area (Å²) in [5, 5.41) is 0. The van der Waals surface area contributed by atoms with Crippen LogP contribution in [0.25, 0.3) is 0 Å². The number of ether oxygens (including phenoxy) is 1. The first-order valence-corrected chi connectivity index (χ1v) is 1.95. The Bertz CT molecular complexity index is 84.9. The molecule has 0 aromatic carbocycles. The molecule has 0 aromatic rings. The van der Waals surface area contributed by atoms with Crippen LogP contribution in [0.1, 0.15) is 0 Å². The summed E-state index contributed by atoms with van der Waals surface area (Å²) in [5.41, 5.74) is 0. The van der Waals surface area contributed by atoms with Crippen LogP contribution in [0.15, 0.2) is 0 Å². The van der Waals surface area contributed by atoms with Gasteiger partial charge < -0.3 is 4.74 Å². The normalized spacial score (nSPS) is 9.25. The summed E-state index contributed by atoms with van der Waals surface area (Å²) in [6, 6.07) is 0. The molecule has 0 unspecified atom stereocenters. The lowest BCUT2D eigenvalue weighted by Crippen LogP contribution is -1.97. The first kappa shape index (κ1) is 7.38. The van der Waals surface area contributed by atoms with Crippen molar-refractivity contribution in [1.82, 2.24) is 0 Å². The van der Waals surface area contributed by atoms with Crippen molar-refractivity contribution in [3.05, 3.63) is 6.43 Å². The number of terminal acetylenes is 1. The van der Waals surface area contributed by atoms with Crippen LogP contribution in [0, 0.1) is 18.8 Å². The maximum Gasteiger partial charge on any atom is 0.335 e. The van der Waals surface area contributed by atoms with Crippen LogP contribution in [0.2, 0.25) is 0 Å². The van der Waals surface area contributed by atoms with E-state index in [-0.39, 0.29) is 6.61 Å². The van der Waals surface area contributed by atoms with Gasteiger partial charge in [-0.3, -0.25) is 0 Å². The Hall–Kier alpha value is -0.620. The maximum absolute atomic E-state index is 11.1. The van der Waals surface area contributed by atoms with E-state index in [1.54, 1.807) is 0 Å². The quantitative estimate of drug-likeness (QED) is 0.398. The fourth-order valence-corrected chi connectivity index (χ4v) is 0.187. The van der Waals surface area contributed by atoms with Crippen molar-refractivity contribution in [3.8, 4) is 12.3 Å². The first-order valence-electron chi connectivity index (χ1n) is 1.95. The minimum atomic E-state index is -1.75. The third-order valence-corrected chi connectivity index (χ3v) is 0.397. The van der Waals surface area contributed by atoms with Crippen molar-refractivity contribution in [3.63, 3.8) is 0 Å². The Kier molecular flexibility index (Phi) is 4.19. The van der Waals surface area contributed by atoms with Crippen molar-refractivity contribution in [1.29, 1.82) is 0 Å². The molecule has 0 aliphatic carbocycles. The van der Waals surface area contributed by atoms with Gasteiger partial charge in [0.1, 0.15) is 13.2 Å². The third kappa shape index (κ3) is 5.38. The molecule has 0 atom stereocenters. The van der Waals surface area contributed by atoms with E-state index in [0.29, 0.717) is 0 Å². The molecule has 1 nitrogen and oxygen atoms in total. The lowest BCUT2D eigenvalue weighted by molar-refractivity contribution is 0.104. The van der Waals surface area contributed by atoms with Gasteiger partial charge in [0.25, 0.3) is 0 Å². The molecular formula is C5H5F2O. The van der Waals surface area contributed by atoms with Gasteiger partial charge in [-0.2, -0.15) is 8.78 Å². The van der Waals surface area contributed by atoms with Crippen LogP contribution >= 0.6 is 0 Å². The highest BCUT2D eigenvalue weighted by Gasteiger charge is 2.02. The average molecular weight is 119 g/mol. The monoisotopic (exact) mass is 119 g/mol. The van der Waals surface area contributed by atoms with E-state index in [1.807, 2.05) is 0 Å². The second-order valence-electron chi connectivity index (χ2n) is 1.04. The van der Waals surface area contributed by atoms with E-state index in [9.17, 15) is 8.78 Å². The minimum absolute atomic E-state index is 0.0582. The van der Waals surface area contributed by atoms with Crippen LogP contribution in [0.4, 0.5) is 8.78 Å². The molecule has 45 valence electrons. The highest BCUT2D eigenvalue weighted by Crippen LogP contribution is 2.00. The van der Waals surface area contributed by atoms with E-state index in [2.05, 4.69) is 17.1 Å². The summed E-state index contributed by atoms with van der Waals surface area (Å²) in [7, 11) is 0. The minimum Gasteiger partial charge on any atom is -0.362 e. The SMILES string of the molecule is C#CCOC[C](F)F. The van der Waals surface area contributed by atoms with Gasteiger partial charge in [0.15, 0.2) is 0 Å². The maximum atomic E-state index is 11.1. The Morgan fingerprint density at radius 1 is 1.62 bits per heavy atom. The summed E-state index contributed by atoms with van der Waals surface area (Å²) in [6.07, 6.45) is 2.94. The molecule has 0 aliphatic heterocycles. The predicted octanol–water partition coefficient (Wildman–Crippen LogP) is 1.06. The number of rotatable bonds is 3. The third-order valence-electron chi connectivity index (χ3n) is 0.397. The zero-order chi connectivity index (χ0) is 6.41. The predicted molar refractivity (Wildman–Crippen MR) is 25.1 cm³/mol. The lowest BCUT2D eigenvalue weighted by Gasteiger charge is -1.93. The van der Waals surface area contributed by atoms with Crippen LogP contribution in [-0.2, 0) is 4.74 Å². The fraction of sp³-hybridized carbons (Fsp3) is 0.400. The Morgan fingerprint density at radius 2 is 2.25 bits per heavy atom. The Morgan fingerprint density at radius 3 is 2.62 bits per heavy atom. The summed E-state index contributed by atoms with van der Waals surface area (Å²) in [6.45, 7) is -0.707. The van der Waals surface area contributed by atoms with Gasteiger partial charge >= 0.3 is 6.43 Å². The van der Waals surface area contributed by atoms with E-state index in [0.717, 1.165) is 0 Å². The van der Waals surface area contributed by atoms with Crippen LogP contribution < -0.4 is 0 Å². The van der Waals surface area contributed by atoms with Crippen molar-refractivity contribution >= 4 is 0 Å². The van der Waals surface area contributed by atoms with E-state index in [1.165, 1.54) is 0 Å². The number of hydrogen-bond acceptors (Lipinski definition) is 1. The lowest BCUT2D eigenvalue weighted by atomic mass is 10.7. The molecule has 0 spiro atoms. The summed E-state index contributed by atoms with van der Waals surface area (Å²) in [4.78, 5) is 0. The van der Waals surface area contributed by atoms with Crippen LogP contribution in [0.3, 0.4) is 0 Å². The van der Waals surface area contributed by atoms with Gasteiger partial charge in [0.05, 0.1) is 0 Å². The second-order valence-corrected chi connectivity index (χ2v) is 1.04. The fourth-order valence-electron chi connectivity index (χ4n) is 0.187. The molecule has 8 heavy (non-hydrogen) atoms. The highest BCUT2D eigenvalue weighted by atomic mass is 19.3. The van der Waals surface area contributed by atoms with E-state index in [4.69, 9.17) is 0 Å². The number of hydrogen-bond donors (Lipinski definition) is 0. The van der Waals surface area contributed by atoms with Gasteiger partial charge in [0, 0.05) is 0 Å². The van der Waals surface area contributed by atoms with Crippen molar-refractivity contribution < 1.29 is 13.5 Å². The summed E-state index contributed by atoms with van der Waals surface area (Å²) >= 11 is 0. The molecule has 0 saturated carbocycles. The molecule has 0 fully saturated rings. The topological polar surface area (TPSA) is 9.23 Å². The van der Waals surface area contributed by atoms with Gasteiger partial charge in [-0.05, 0) is 0 Å². The zero-order valence-corrected chi connectivity index (χ0v) is 4.16. The molecule has 0 aliphatic rings. The second kappa shape index (κ2) is 4.54. The molecule has 0 aromatic heterocycles. The van der Waals surface area contributed by atoms with Gasteiger partial charge in [-0.1, -0.05) is 5.92 Å². The molecule has 3 heteroatoms. The molecule has 1 radical (unpaired) electrons. The van der Waals surface area contributed by atoms with Gasteiger partial charge in [-0.25, -0.2) is 0 Å². The van der Waals surface area contributed by atoms with Crippen LogP contribution in [-0.4, -0.2) is 13.2 Å². The molecule has 0 rings (SSSR count). The molecule has 0 heterocycles. The molecular weight excluding hydrogens is 114 g/mol. The highest BCUT2D eigenvalue weighted by molar-refractivity contribution is 4.83. The smallest absolute Gasteiger partial charge is 0.335 e. The summed E-state index contributed by atoms with van der Waals surface area (Å²) < 4.78 is 26.4. The van der Waals surface area contributed by atoms with Crippen molar-refractivity contribution in [2.24, 2.45) is 0 Å². The molecule has 0 N–H and O–H groups in total. The van der Waals surface area contributed by atoms with E-state index < -0.39 is 13.0 Å². The largest absolute Gasteiger partial charge is 0.362 e. The standard InChI is InChI=1S/C5H5F2O/c1-2-3-8-4-5(6)7/h1H,3-4H2. The zero-order valence-electron chi connectivity index (χ0n) is 4.16. The number of halogens is 2.